The zero-order valence-electron chi connectivity index (χ0n) is 15.9. The van der Waals surface area contributed by atoms with Crippen molar-refractivity contribution in [1.82, 2.24) is 9.80 Å². The van der Waals surface area contributed by atoms with E-state index < -0.39 is 0 Å². The highest BCUT2D eigenvalue weighted by atomic mass is 16.5. The highest BCUT2D eigenvalue weighted by Crippen LogP contribution is 2.19. The minimum atomic E-state index is 0.0630. The summed E-state index contributed by atoms with van der Waals surface area (Å²) in [5.74, 6) is 0.802. The van der Waals surface area contributed by atoms with E-state index >= 15 is 0 Å². The van der Waals surface area contributed by atoms with Crippen LogP contribution in [0.25, 0.3) is 0 Å². The van der Waals surface area contributed by atoms with E-state index in [-0.39, 0.29) is 12.0 Å². The first-order chi connectivity index (χ1) is 12.7. The molecule has 1 amide bonds. The van der Waals surface area contributed by atoms with Crippen LogP contribution in [0.3, 0.4) is 0 Å². The van der Waals surface area contributed by atoms with Gasteiger partial charge in [0.1, 0.15) is 0 Å². The summed E-state index contributed by atoms with van der Waals surface area (Å²) in [4.78, 5) is 17.1. The van der Waals surface area contributed by atoms with Crippen molar-refractivity contribution in [2.45, 2.75) is 38.9 Å². The molecule has 5 nitrogen and oxygen atoms in total. The minimum absolute atomic E-state index is 0.0630. The van der Waals surface area contributed by atoms with Crippen LogP contribution >= 0.6 is 0 Å². The van der Waals surface area contributed by atoms with E-state index in [1.165, 1.54) is 5.56 Å². The molecule has 2 fully saturated rings. The number of nitrogens with zero attached hydrogens (tertiary/aromatic N) is 2. The van der Waals surface area contributed by atoms with Gasteiger partial charge in [-0.15, -0.1) is 0 Å². The van der Waals surface area contributed by atoms with E-state index in [1.807, 2.05) is 23.1 Å². The van der Waals surface area contributed by atoms with Gasteiger partial charge in [0.15, 0.2) is 0 Å². The summed E-state index contributed by atoms with van der Waals surface area (Å²) in [6, 6.07) is 10.3. The number of carbonyl (C=O) groups is 1. The van der Waals surface area contributed by atoms with Gasteiger partial charge in [0, 0.05) is 32.8 Å². The zero-order valence-corrected chi connectivity index (χ0v) is 15.9. The summed E-state index contributed by atoms with van der Waals surface area (Å²) in [7, 11) is 0. The summed E-state index contributed by atoms with van der Waals surface area (Å²) in [5, 5.41) is 0. The molecule has 0 unspecified atom stereocenters. The molecule has 0 aromatic heterocycles. The molecule has 3 rings (SSSR count). The highest BCUT2D eigenvalue weighted by Gasteiger charge is 2.30. The molecule has 0 saturated carbocycles. The standard InChI is InChI=1S/C21H32N2O3/c1-2-10-22-14-20(26-17-19-6-4-3-5-7-19)15-23(21(24)16-22)13-18-8-11-25-12-9-18/h3-7,18,20H,2,8-17H2,1H3/t20-/m1/s1. The molecule has 1 atom stereocenters. The molecule has 26 heavy (non-hydrogen) atoms. The highest BCUT2D eigenvalue weighted by molar-refractivity contribution is 5.78. The molecule has 5 heteroatoms. The maximum absolute atomic E-state index is 12.8. The second kappa shape index (κ2) is 10.0. The van der Waals surface area contributed by atoms with Gasteiger partial charge in [-0.25, -0.2) is 0 Å². The SMILES string of the molecule is CCCN1CC(=O)N(CC2CCOCC2)C[C@H](OCc2ccccc2)C1. The number of carbonyl (C=O) groups excluding carboxylic acids is 1. The molecule has 2 aliphatic rings. The minimum Gasteiger partial charge on any atom is -0.381 e. The van der Waals surface area contributed by atoms with Crippen molar-refractivity contribution in [1.29, 1.82) is 0 Å². The maximum Gasteiger partial charge on any atom is 0.236 e. The first-order valence-electron chi connectivity index (χ1n) is 9.98. The van der Waals surface area contributed by atoms with E-state index in [9.17, 15) is 4.79 Å². The van der Waals surface area contributed by atoms with Crippen LogP contribution in [0.1, 0.15) is 31.7 Å². The van der Waals surface area contributed by atoms with Crippen LogP contribution in [0.5, 0.6) is 0 Å². The van der Waals surface area contributed by atoms with Crippen LogP contribution < -0.4 is 0 Å². The third kappa shape index (κ3) is 5.79. The van der Waals surface area contributed by atoms with Crippen LogP contribution in [0.2, 0.25) is 0 Å². The predicted molar refractivity (Wildman–Crippen MR) is 102 cm³/mol. The van der Waals surface area contributed by atoms with Gasteiger partial charge >= 0.3 is 0 Å². The molecular formula is C21H32N2O3. The fraction of sp³-hybridized carbons (Fsp3) is 0.667. The largest absolute Gasteiger partial charge is 0.381 e. The Morgan fingerprint density at radius 2 is 1.92 bits per heavy atom. The second-order valence-electron chi connectivity index (χ2n) is 7.51. The lowest BCUT2D eigenvalue weighted by Gasteiger charge is -2.30. The van der Waals surface area contributed by atoms with Gasteiger partial charge in [-0.2, -0.15) is 0 Å². The zero-order chi connectivity index (χ0) is 18.2. The fourth-order valence-electron chi connectivity index (χ4n) is 3.85. The lowest BCUT2D eigenvalue weighted by molar-refractivity contribution is -0.133. The Labute approximate surface area is 157 Å². The lowest BCUT2D eigenvalue weighted by Crippen LogP contribution is -2.42. The van der Waals surface area contributed by atoms with Crippen molar-refractivity contribution in [2.75, 3.05) is 45.9 Å². The topological polar surface area (TPSA) is 42.0 Å². The van der Waals surface area contributed by atoms with Crippen molar-refractivity contribution in [3.05, 3.63) is 35.9 Å². The summed E-state index contributed by atoms with van der Waals surface area (Å²) < 4.78 is 11.7. The van der Waals surface area contributed by atoms with Gasteiger partial charge in [0.25, 0.3) is 0 Å². The van der Waals surface area contributed by atoms with Crippen molar-refractivity contribution in [3.63, 3.8) is 0 Å². The third-order valence-electron chi connectivity index (χ3n) is 5.29. The monoisotopic (exact) mass is 360 g/mol. The van der Waals surface area contributed by atoms with E-state index in [4.69, 9.17) is 9.47 Å². The molecule has 2 aliphatic heterocycles. The van der Waals surface area contributed by atoms with E-state index in [2.05, 4.69) is 24.0 Å². The molecule has 0 radical (unpaired) electrons. The number of benzene rings is 1. The van der Waals surface area contributed by atoms with Crippen LogP contribution in [0, 0.1) is 5.92 Å². The van der Waals surface area contributed by atoms with Crippen LogP contribution in [-0.4, -0.2) is 67.7 Å². The predicted octanol–water partition coefficient (Wildman–Crippen LogP) is 2.55. The van der Waals surface area contributed by atoms with Crippen LogP contribution in [0.4, 0.5) is 0 Å². The summed E-state index contributed by atoms with van der Waals surface area (Å²) in [5.41, 5.74) is 1.18. The van der Waals surface area contributed by atoms with Crippen molar-refractivity contribution >= 4 is 5.91 Å². The molecule has 144 valence electrons. The first kappa shape index (κ1) is 19.3. The number of amides is 1. The first-order valence-corrected chi connectivity index (χ1v) is 9.98. The average Bonchev–Trinajstić information content (AvgIpc) is 2.81. The van der Waals surface area contributed by atoms with Gasteiger partial charge in [-0.05, 0) is 37.3 Å². The van der Waals surface area contributed by atoms with Gasteiger partial charge in [-0.3, -0.25) is 9.69 Å². The maximum atomic E-state index is 12.8. The molecular weight excluding hydrogens is 328 g/mol. The van der Waals surface area contributed by atoms with E-state index in [1.54, 1.807) is 0 Å². The Morgan fingerprint density at radius 3 is 2.65 bits per heavy atom. The summed E-state index contributed by atoms with van der Waals surface area (Å²) in [6.45, 7) is 8.24. The molecule has 2 saturated heterocycles. The molecule has 0 aliphatic carbocycles. The Balaban J connectivity index is 1.61. The van der Waals surface area contributed by atoms with Gasteiger partial charge < -0.3 is 14.4 Å². The molecule has 2 heterocycles. The molecule has 0 spiro atoms. The van der Waals surface area contributed by atoms with Gasteiger partial charge in [0.05, 0.1) is 19.3 Å². The van der Waals surface area contributed by atoms with Crippen molar-refractivity contribution in [2.24, 2.45) is 5.92 Å². The molecule has 1 aromatic rings. The Bertz CT molecular complexity index is 545. The quantitative estimate of drug-likeness (QED) is 0.749. The number of ether oxygens (including phenoxy) is 2. The number of hydrogen-bond donors (Lipinski definition) is 0. The van der Waals surface area contributed by atoms with Crippen molar-refractivity contribution in [3.8, 4) is 0 Å². The van der Waals surface area contributed by atoms with Gasteiger partial charge in [0.2, 0.25) is 5.91 Å². The average molecular weight is 360 g/mol. The molecule has 0 N–H and O–H groups in total. The van der Waals surface area contributed by atoms with Crippen LogP contribution in [-0.2, 0) is 20.9 Å². The van der Waals surface area contributed by atoms with Gasteiger partial charge in [-0.1, -0.05) is 37.3 Å². The smallest absolute Gasteiger partial charge is 0.236 e. The number of rotatable bonds is 7. The van der Waals surface area contributed by atoms with Crippen molar-refractivity contribution < 1.29 is 14.3 Å². The Morgan fingerprint density at radius 1 is 1.15 bits per heavy atom. The normalized spacial score (nSPS) is 23.2. The molecule has 1 aromatic carbocycles. The second-order valence-corrected chi connectivity index (χ2v) is 7.51. The van der Waals surface area contributed by atoms with E-state index in [0.29, 0.717) is 25.6 Å². The Kier molecular flexibility index (Phi) is 7.47. The summed E-state index contributed by atoms with van der Waals surface area (Å²) >= 11 is 0. The van der Waals surface area contributed by atoms with Crippen LogP contribution in [0.15, 0.2) is 30.3 Å². The third-order valence-corrected chi connectivity index (χ3v) is 5.29. The fourth-order valence-corrected chi connectivity index (χ4v) is 3.85. The lowest BCUT2D eigenvalue weighted by atomic mass is 9.99. The summed E-state index contributed by atoms with van der Waals surface area (Å²) in [6.07, 6.45) is 3.22. The molecule has 0 bridgehead atoms. The Hall–Kier alpha value is -1.43. The number of hydrogen-bond acceptors (Lipinski definition) is 4. The van der Waals surface area contributed by atoms with E-state index in [0.717, 1.165) is 52.1 Å².